The molecule has 0 aromatic carbocycles. The van der Waals surface area contributed by atoms with E-state index in [0.717, 1.165) is 44.5 Å². The van der Waals surface area contributed by atoms with Gasteiger partial charge >= 0.3 is 0 Å². The highest BCUT2D eigenvalue weighted by Crippen LogP contribution is 2.32. The minimum absolute atomic E-state index is 0.345. The summed E-state index contributed by atoms with van der Waals surface area (Å²) in [4.78, 5) is 4.45. The highest BCUT2D eigenvalue weighted by atomic mass is 14.9. The van der Waals surface area contributed by atoms with E-state index in [0.29, 0.717) is 0 Å². The van der Waals surface area contributed by atoms with Crippen LogP contribution in [0.2, 0.25) is 0 Å². The zero-order valence-electron chi connectivity index (χ0n) is 9.45. The lowest BCUT2D eigenvalue weighted by Gasteiger charge is -2.25. The van der Waals surface area contributed by atoms with Crippen LogP contribution in [0.4, 0.5) is 0 Å². The first kappa shape index (κ1) is 11.1. The van der Waals surface area contributed by atoms with Crippen molar-refractivity contribution in [2.45, 2.75) is 25.7 Å². The lowest BCUT2D eigenvalue weighted by Crippen LogP contribution is -2.30. The Morgan fingerprint density at radius 1 is 1.31 bits per heavy atom. The number of aliphatic imine (C=N–C) groups is 1. The maximum Gasteiger partial charge on any atom is 0.0969 e. The van der Waals surface area contributed by atoms with E-state index in [4.69, 9.17) is 0 Å². The third-order valence-corrected chi connectivity index (χ3v) is 3.33. The van der Waals surface area contributed by atoms with E-state index in [-0.39, 0.29) is 5.41 Å². The largest absolute Gasteiger partial charge is 0.317 e. The van der Waals surface area contributed by atoms with Crippen molar-refractivity contribution in [2.75, 3.05) is 13.1 Å². The van der Waals surface area contributed by atoms with Gasteiger partial charge < -0.3 is 5.32 Å². The SMILES string of the molecule is N#CC1(C2=NC=CC=CC2)CCCNCC1. The predicted molar refractivity (Wildman–Crippen MR) is 65.1 cm³/mol. The Morgan fingerprint density at radius 2 is 2.25 bits per heavy atom. The molecule has 0 amide bonds. The van der Waals surface area contributed by atoms with Gasteiger partial charge in [-0.3, -0.25) is 4.99 Å². The molecule has 2 heterocycles. The van der Waals surface area contributed by atoms with Crippen LogP contribution in [-0.4, -0.2) is 18.8 Å². The highest BCUT2D eigenvalue weighted by molar-refractivity contribution is 5.94. The van der Waals surface area contributed by atoms with Crippen LogP contribution in [0.15, 0.2) is 29.4 Å². The third kappa shape index (κ3) is 2.23. The molecule has 0 spiro atoms. The third-order valence-electron chi connectivity index (χ3n) is 3.33. The molecular weight excluding hydrogens is 198 g/mol. The standard InChI is InChI=1S/C13H17N3/c14-11-13(6-4-8-15-10-7-13)12-5-2-1-3-9-16-12/h1-3,9,15H,4-8,10H2. The maximum atomic E-state index is 9.50. The van der Waals surface area contributed by atoms with Gasteiger partial charge in [-0.2, -0.15) is 5.26 Å². The fourth-order valence-electron chi connectivity index (χ4n) is 2.34. The van der Waals surface area contributed by atoms with Crippen molar-refractivity contribution in [3.63, 3.8) is 0 Å². The number of allylic oxidation sites excluding steroid dienone is 3. The van der Waals surface area contributed by atoms with Gasteiger partial charge in [0.1, 0.15) is 0 Å². The zero-order valence-corrected chi connectivity index (χ0v) is 9.45. The van der Waals surface area contributed by atoms with Crippen LogP contribution in [-0.2, 0) is 0 Å². The minimum Gasteiger partial charge on any atom is -0.317 e. The predicted octanol–water partition coefficient (Wildman–Crippen LogP) is 2.18. The Bertz CT molecular complexity index is 363. The van der Waals surface area contributed by atoms with Gasteiger partial charge in [-0.25, -0.2) is 0 Å². The Labute approximate surface area is 96.6 Å². The van der Waals surface area contributed by atoms with Gasteiger partial charge in [0.15, 0.2) is 0 Å². The summed E-state index contributed by atoms with van der Waals surface area (Å²) in [5.41, 5.74) is 0.686. The first-order valence-electron chi connectivity index (χ1n) is 5.88. The molecule has 0 aliphatic carbocycles. The van der Waals surface area contributed by atoms with Crippen LogP contribution in [0.1, 0.15) is 25.7 Å². The van der Waals surface area contributed by atoms with Crippen LogP contribution in [0.3, 0.4) is 0 Å². The minimum atomic E-state index is -0.345. The summed E-state index contributed by atoms with van der Waals surface area (Å²) in [6.07, 6.45) is 11.5. The normalized spacial score (nSPS) is 30.1. The molecule has 1 atom stereocenters. The van der Waals surface area contributed by atoms with Gasteiger partial charge in [0.2, 0.25) is 0 Å². The van der Waals surface area contributed by atoms with E-state index in [1.165, 1.54) is 0 Å². The Balaban J connectivity index is 2.26. The van der Waals surface area contributed by atoms with Crippen LogP contribution < -0.4 is 5.32 Å². The molecule has 1 unspecified atom stereocenters. The molecular formula is C13H17N3. The fourth-order valence-corrected chi connectivity index (χ4v) is 2.34. The van der Waals surface area contributed by atoms with E-state index in [1.54, 1.807) is 6.20 Å². The molecule has 2 aliphatic heterocycles. The molecule has 2 rings (SSSR count). The average molecular weight is 215 g/mol. The van der Waals surface area contributed by atoms with E-state index in [1.807, 2.05) is 12.2 Å². The number of nitrogens with zero attached hydrogens (tertiary/aromatic N) is 2. The van der Waals surface area contributed by atoms with Gasteiger partial charge in [-0.15, -0.1) is 0 Å². The van der Waals surface area contributed by atoms with Gasteiger partial charge in [0.25, 0.3) is 0 Å². The van der Waals surface area contributed by atoms with Crippen LogP contribution in [0.5, 0.6) is 0 Å². The van der Waals surface area contributed by atoms with Crippen LogP contribution >= 0.6 is 0 Å². The number of hydrogen-bond acceptors (Lipinski definition) is 3. The van der Waals surface area contributed by atoms with Gasteiger partial charge in [0.05, 0.1) is 11.5 Å². The van der Waals surface area contributed by atoms with Crippen molar-refractivity contribution in [1.29, 1.82) is 5.26 Å². The fraction of sp³-hybridized carbons (Fsp3) is 0.538. The Morgan fingerprint density at radius 3 is 3.12 bits per heavy atom. The van der Waals surface area contributed by atoms with E-state index in [2.05, 4.69) is 22.5 Å². The summed E-state index contributed by atoms with van der Waals surface area (Å²) in [6.45, 7) is 1.93. The van der Waals surface area contributed by atoms with Crippen LogP contribution in [0.25, 0.3) is 0 Å². The highest BCUT2D eigenvalue weighted by Gasteiger charge is 2.35. The lowest BCUT2D eigenvalue weighted by atomic mass is 9.76. The number of rotatable bonds is 1. The molecule has 1 saturated heterocycles. The molecule has 16 heavy (non-hydrogen) atoms. The molecule has 3 heteroatoms. The van der Waals surface area contributed by atoms with Crippen molar-refractivity contribution in [1.82, 2.24) is 5.32 Å². The summed E-state index contributed by atoms with van der Waals surface area (Å²) in [7, 11) is 0. The number of hydrogen-bond donors (Lipinski definition) is 1. The summed E-state index contributed by atoms with van der Waals surface area (Å²) < 4.78 is 0. The summed E-state index contributed by atoms with van der Waals surface area (Å²) >= 11 is 0. The van der Waals surface area contributed by atoms with E-state index >= 15 is 0 Å². The second-order valence-corrected chi connectivity index (χ2v) is 4.35. The molecule has 0 aromatic rings. The molecule has 0 radical (unpaired) electrons. The van der Waals surface area contributed by atoms with Crippen molar-refractivity contribution in [2.24, 2.45) is 10.4 Å². The molecule has 2 aliphatic rings. The monoisotopic (exact) mass is 215 g/mol. The van der Waals surface area contributed by atoms with Crippen molar-refractivity contribution in [3.05, 3.63) is 24.4 Å². The lowest BCUT2D eigenvalue weighted by molar-refractivity contribution is 0.480. The summed E-state index contributed by atoms with van der Waals surface area (Å²) in [6, 6.07) is 2.52. The van der Waals surface area contributed by atoms with E-state index < -0.39 is 0 Å². The molecule has 0 bridgehead atoms. The quantitative estimate of drug-likeness (QED) is 0.728. The topological polar surface area (TPSA) is 48.2 Å². The smallest absolute Gasteiger partial charge is 0.0969 e. The second kappa shape index (κ2) is 5.09. The zero-order chi connectivity index (χ0) is 11.3. The Hall–Kier alpha value is -1.40. The van der Waals surface area contributed by atoms with Crippen molar-refractivity contribution in [3.8, 4) is 6.07 Å². The second-order valence-electron chi connectivity index (χ2n) is 4.35. The van der Waals surface area contributed by atoms with Gasteiger partial charge in [0, 0.05) is 18.3 Å². The van der Waals surface area contributed by atoms with Crippen molar-refractivity contribution >= 4 is 5.71 Å². The molecule has 1 N–H and O–H groups in total. The van der Waals surface area contributed by atoms with Gasteiger partial charge in [-0.1, -0.05) is 12.2 Å². The number of nitrogens with one attached hydrogen (secondary N) is 1. The first-order chi connectivity index (χ1) is 7.87. The average Bonchev–Trinajstić information content (AvgIpc) is 2.72. The van der Waals surface area contributed by atoms with Crippen LogP contribution in [0, 0.1) is 16.7 Å². The number of nitriles is 1. The molecule has 0 saturated carbocycles. The van der Waals surface area contributed by atoms with E-state index in [9.17, 15) is 5.26 Å². The summed E-state index contributed by atoms with van der Waals surface area (Å²) in [5, 5.41) is 12.9. The molecule has 1 fully saturated rings. The maximum absolute atomic E-state index is 9.50. The Kier molecular flexibility index (Phi) is 3.53. The molecule has 3 nitrogen and oxygen atoms in total. The molecule has 0 aromatic heterocycles. The van der Waals surface area contributed by atoms with Gasteiger partial charge in [-0.05, 0) is 38.4 Å². The molecule has 84 valence electrons. The first-order valence-corrected chi connectivity index (χ1v) is 5.88. The summed E-state index contributed by atoms with van der Waals surface area (Å²) in [5.74, 6) is 0. The van der Waals surface area contributed by atoms with Crippen molar-refractivity contribution < 1.29 is 0 Å².